The van der Waals surface area contributed by atoms with E-state index in [-0.39, 0.29) is 5.56 Å². The maximum absolute atomic E-state index is 11.0. The summed E-state index contributed by atoms with van der Waals surface area (Å²) in [5.41, 5.74) is 1.42. The Morgan fingerprint density at radius 1 is 1.56 bits per heavy atom. The first kappa shape index (κ1) is 9.33. The summed E-state index contributed by atoms with van der Waals surface area (Å²) in [4.78, 5) is 19.6. The van der Waals surface area contributed by atoms with E-state index in [0.717, 1.165) is 18.7 Å². The van der Waals surface area contributed by atoms with Crippen LogP contribution in [0.3, 0.4) is 0 Å². The Labute approximate surface area is 91.7 Å². The highest BCUT2D eigenvalue weighted by Gasteiger charge is 2.28. The van der Waals surface area contributed by atoms with Crippen LogP contribution in [0.25, 0.3) is 11.2 Å². The van der Waals surface area contributed by atoms with Gasteiger partial charge in [0.1, 0.15) is 11.3 Å². The second-order valence-electron chi connectivity index (χ2n) is 4.10. The smallest absolute Gasteiger partial charge is 0.338 e. The largest absolute Gasteiger partial charge is 0.478 e. The van der Waals surface area contributed by atoms with Crippen molar-refractivity contribution < 1.29 is 9.90 Å². The molecule has 0 aliphatic heterocycles. The first-order valence-electron chi connectivity index (χ1n) is 5.25. The summed E-state index contributed by atoms with van der Waals surface area (Å²) < 4.78 is 2.04. The van der Waals surface area contributed by atoms with Gasteiger partial charge in [0, 0.05) is 12.2 Å². The minimum atomic E-state index is -0.951. The second kappa shape index (κ2) is 3.04. The Hall–Kier alpha value is -1.91. The van der Waals surface area contributed by atoms with E-state index in [1.807, 2.05) is 11.5 Å². The third-order valence-corrected chi connectivity index (χ3v) is 2.90. The Kier molecular flexibility index (Phi) is 1.77. The molecule has 82 valence electrons. The average molecular weight is 217 g/mol. The van der Waals surface area contributed by atoms with Crippen molar-refractivity contribution >= 4 is 17.1 Å². The third kappa shape index (κ3) is 1.21. The molecule has 1 aliphatic carbocycles. The molecule has 0 radical (unpaired) electrons. The first-order chi connectivity index (χ1) is 7.68. The zero-order valence-corrected chi connectivity index (χ0v) is 8.84. The molecule has 2 heterocycles. The number of carboxylic acids is 1. The maximum atomic E-state index is 11.0. The lowest BCUT2D eigenvalue weighted by Gasteiger charge is -2.02. The summed E-state index contributed by atoms with van der Waals surface area (Å²) in [7, 11) is 0. The Balaban J connectivity index is 2.33. The lowest BCUT2D eigenvalue weighted by Crippen LogP contribution is -2.00. The molecule has 5 nitrogen and oxygen atoms in total. The number of aryl methyl sites for hydroxylation is 1. The second-order valence-corrected chi connectivity index (χ2v) is 4.10. The van der Waals surface area contributed by atoms with E-state index in [4.69, 9.17) is 5.11 Å². The van der Waals surface area contributed by atoms with Gasteiger partial charge < -0.3 is 9.67 Å². The number of carboxylic acid groups (broad SMARTS) is 1. The zero-order valence-electron chi connectivity index (χ0n) is 8.84. The SMILES string of the molecule is Cc1nc2c(C(=O)O)ccnc2n1C1CC1. The molecule has 16 heavy (non-hydrogen) atoms. The molecule has 1 saturated carbocycles. The minimum Gasteiger partial charge on any atom is -0.478 e. The summed E-state index contributed by atoms with van der Waals surface area (Å²) in [6.07, 6.45) is 3.79. The van der Waals surface area contributed by atoms with Gasteiger partial charge in [-0.05, 0) is 25.8 Å². The summed E-state index contributed by atoms with van der Waals surface area (Å²) in [5.74, 6) is -0.105. The summed E-state index contributed by atoms with van der Waals surface area (Å²) in [6.45, 7) is 1.89. The van der Waals surface area contributed by atoms with Gasteiger partial charge in [-0.2, -0.15) is 0 Å². The average Bonchev–Trinajstić information content (AvgIpc) is 3.00. The Bertz CT molecular complexity index is 584. The van der Waals surface area contributed by atoms with Gasteiger partial charge in [0.15, 0.2) is 5.65 Å². The fourth-order valence-electron chi connectivity index (χ4n) is 2.04. The number of nitrogens with zero attached hydrogens (tertiary/aromatic N) is 3. The molecule has 0 atom stereocenters. The molecule has 0 spiro atoms. The molecule has 0 unspecified atom stereocenters. The van der Waals surface area contributed by atoms with E-state index < -0.39 is 5.97 Å². The molecule has 2 aromatic rings. The Morgan fingerprint density at radius 2 is 2.31 bits per heavy atom. The van der Waals surface area contributed by atoms with E-state index in [1.165, 1.54) is 12.3 Å². The standard InChI is InChI=1S/C11H11N3O2/c1-6-13-9-8(11(15)16)4-5-12-10(9)14(6)7-2-3-7/h4-5,7H,2-3H2,1H3,(H,15,16). The lowest BCUT2D eigenvalue weighted by atomic mass is 10.2. The van der Waals surface area contributed by atoms with Gasteiger partial charge in [-0.1, -0.05) is 0 Å². The van der Waals surface area contributed by atoms with Crippen molar-refractivity contribution in [3.63, 3.8) is 0 Å². The van der Waals surface area contributed by atoms with E-state index in [2.05, 4.69) is 9.97 Å². The fraction of sp³-hybridized carbons (Fsp3) is 0.364. The van der Waals surface area contributed by atoms with E-state index in [0.29, 0.717) is 17.2 Å². The van der Waals surface area contributed by atoms with Crippen LogP contribution >= 0.6 is 0 Å². The molecule has 1 aliphatic rings. The van der Waals surface area contributed by atoms with Gasteiger partial charge in [0.25, 0.3) is 0 Å². The van der Waals surface area contributed by atoms with E-state index in [9.17, 15) is 4.79 Å². The van der Waals surface area contributed by atoms with Crippen LogP contribution < -0.4 is 0 Å². The number of aromatic nitrogens is 3. The number of fused-ring (bicyclic) bond motifs is 1. The van der Waals surface area contributed by atoms with Crippen molar-refractivity contribution in [2.45, 2.75) is 25.8 Å². The highest BCUT2D eigenvalue weighted by Crippen LogP contribution is 2.38. The minimum absolute atomic E-state index is 0.229. The number of carbonyl (C=O) groups is 1. The van der Waals surface area contributed by atoms with Crippen LogP contribution in [0.1, 0.15) is 35.1 Å². The molecule has 0 aromatic carbocycles. The van der Waals surface area contributed by atoms with Crippen LogP contribution in [0.5, 0.6) is 0 Å². The van der Waals surface area contributed by atoms with Gasteiger partial charge in [0.2, 0.25) is 0 Å². The highest BCUT2D eigenvalue weighted by molar-refractivity contribution is 5.99. The first-order valence-corrected chi connectivity index (χ1v) is 5.25. The normalized spacial score (nSPS) is 15.6. The Morgan fingerprint density at radius 3 is 2.94 bits per heavy atom. The molecule has 0 bridgehead atoms. The predicted octanol–water partition coefficient (Wildman–Crippen LogP) is 1.77. The molecule has 0 saturated heterocycles. The summed E-state index contributed by atoms with van der Waals surface area (Å²) in [6, 6.07) is 1.95. The number of pyridine rings is 1. The predicted molar refractivity (Wildman–Crippen MR) is 57.5 cm³/mol. The number of imidazole rings is 1. The topological polar surface area (TPSA) is 68.0 Å². The molecule has 1 fully saturated rings. The van der Waals surface area contributed by atoms with Crippen molar-refractivity contribution in [3.05, 3.63) is 23.7 Å². The maximum Gasteiger partial charge on any atom is 0.338 e. The van der Waals surface area contributed by atoms with Crippen molar-refractivity contribution in [2.75, 3.05) is 0 Å². The van der Waals surface area contributed by atoms with Crippen LogP contribution in [0.4, 0.5) is 0 Å². The number of rotatable bonds is 2. The van der Waals surface area contributed by atoms with Gasteiger partial charge in [-0.3, -0.25) is 0 Å². The molecule has 3 rings (SSSR count). The van der Waals surface area contributed by atoms with Crippen LogP contribution in [0.2, 0.25) is 0 Å². The van der Waals surface area contributed by atoms with E-state index >= 15 is 0 Å². The van der Waals surface area contributed by atoms with Crippen LogP contribution in [0.15, 0.2) is 12.3 Å². The van der Waals surface area contributed by atoms with Crippen molar-refractivity contribution in [1.82, 2.24) is 14.5 Å². The van der Waals surface area contributed by atoms with Gasteiger partial charge in [0.05, 0.1) is 5.56 Å². The molecule has 0 amide bonds. The summed E-state index contributed by atoms with van der Waals surface area (Å²) in [5, 5.41) is 9.06. The fourth-order valence-corrected chi connectivity index (χ4v) is 2.04. The van der Waals surface area contributed by atoms with Gasteiger partial charge >= 0.3 is 5.97 Å². The molecule has 2 aromatic heterocycles. The highest BCUT2D eigenvalue weighted by atomic mass is 16.4. The molecule has 1 N–H and O–H groups in total. The van der Waals surface area contributed by atoms with Gasteiger partial charge in [-0.15, -0.1) is 0 Å². The van der Waals surface area contributed by atoms with Crippen LogP contribution in [0, 0.1) is 6.92 Å². The quantitative estimate of drug-likeness (QED) is 0.832. The van der Waals surface area contributed by atoms with Crippen molar-refractivity contribution in [2.24, 2.45) is 0 Å². The van der Waals surface area contributed by atoms with Crippen molar-refractivity contribution in [1.29, 1.82) is 0 Å². The van der Waals surface area contributed by atoms with Crippen LogP contribution in [-0.4, -0.2) is 25.6 Å². The zero-order chi connectivity index (χ0) is 11.3. The monoisotopic (exact) mass is 217 g/mol. The molecular formula is C11H11N3O2. The third-order valence-electron chi connectivity index (χ3n) is 2.90. The molecule has 5 heteroatoms. The molecular weight excluding hydrogens is 206 g/mol. The number of hydrogen-bond acceptors (Lipinski definition) is 3. The van der Waals surface area contributed by atoms with E-state index in [1.54, 1.807) is 0 Å². The number of aromatic carboxylic acids is 1. The lowest BCUT2D eigenvalue weighted by molar-refractivity contribution is 0.0699. The van der Waals surface area contributed by atoms with Crippen LogP contribution in [-0.2, 0) is 0 Å². The summed E-state index contributed by atoms with van der Waals surface area (Å²) >= 11 is 0. The van der Waals surface area contributed by atoms with Gasteiger partial charge in [-0.25, -0.2) is 14.8 Å². The van der Waals surface area contributed by atoms with Crippen molar-refractivity contribution in [3.8, 4) is 0 Å². The number of hydrogen-bond donors (Lipinski definition) is 1.